The SMILES string of the molecule is CNc1c(Br)c(CNC2(CO)CC2)nc2c(-c3cnc4ccc(F)cc4c3)cnn12. The Hall–Kier alpha value is -2.62. The van der Waals surface area contributed by atoms with E-state index in [1.807, 2.05) is 13.1 Å². The summed E-state index contributed by atoms with van der Waals surface area (Å²) in [6.07, 6.45) is 5.41. The highest BCUT2D eigenvalue weighted by Crippen LogP contribution is 2.36. The molecule has 30 heavy (non-hydrogen) atoms. The smallest absolute Gasteiger partial charge is 0.165 e. The largest absolute Gasteiger partial charge is 0.394 e. The molecule has 3 heterocycles. The third-order valence-corrected chi connectivity index (χ3v) is 6.47. The Morgan fingerprint density at radius 3 is 2.83 bits per heavy atom. The summed E-state index contributed by atoms with van der Waals surface area (Å²) in [7, 11) is 1.83. The Labute approximate surface area is 180 Å². The van der Waals surface area contributed by atoms with Crippen LogP contribution in [0.1, 0.15) is 18.5 Å². The maximum absolute atomic E-state index is 13.7. The molecule has 3 aromatic heterocycles. The fourth-order valence-corrected chi connectivity index (χ4v) is 4.21. The zero-order valence-corrected chi connectivity index (χ0v) is 17.9. The second kappa shape index (κ2) is 7.26. The van der Waals surface area contributed by atoms with E-state index in [9.17, 15) is 9.50 Å². The molecule has 0 amide bonds. The molecule has 5 rings (SSSR count). The number of aliphatic hydroxyl groups is 1. The van der Waals surface area contributed by atoms with Crippen LogP contribution in [0.3, 0.4) is 0 Å². The van der Waals surface area contributed by atoms with Gasteiger partial charge in [-0.3, -0.25) is 4.98 Å². The lowest BCUT2D eigenvalue weighted by atomic mass is 10.1. The van der Waals surface area contributed by atoms with Crippen LogP contribution in [0.25, 0.3) is 27.7 Å². The molecule has 1 aliphatic carbocycles. The van der Waals surface area contributed by atoms with Crippen molar-refractivity contribution in [2.24, 2.45) is 0 Å². The molecule has 0 saturated heterocycles. The lowest BCUT2D eigenvalue weighted by molar-refractivity contribution is 0.229. The van der Waals surface area contributed by atoms with Crippen molar-refractivity contribution in [3.8, 4) is 11.1 Å². The lowest BCUT2D eigenvalue weighted by Gasteiger charge is -2.16. The zero-order valence-electron chi connectivity index (χ0n) is 16.3. The van der Waals surface area contributed by atoms with Gasteiger partial charge in [-0.25, -0.2) is 9.37 Å². The first-order chi connectivity index (χ1) is 14.5. The van der Waals surface area contributed by atoms with Crippen LogP contribution in [-0.2, 0) is 6.54 Å². The molecule has 0 spiro atoms. The van der Waals surface area contributed by atoms with E-state index in [-0.39, 0.29) is 18.0 Å². The third kappa shape index (κ3) is 3.23. The highest BCUT2D eigenvalue weighted by molar-refractivity contribution is 9.10. The number of benzene rings is 1. The first kappa shape index (κ1) is 19.3. The molecular weight excluding hydrogens is 451 g/mol. The number of nitrogens with zero attached hydrogens (tertiary/aromatic N) is 4. The molecule has 3 N–H and O–H groups in total. The van der Waals surface area contributed by atoms with E-state index in [1.54, 1.807) is 23.0 Å². The molecule has 0 aliphatic heterocycles. The second-order valence-corrected chi connectivity index (χ2v) is 8.41. The molecule has 0 atom stereocenters. The van der Waals surface area contributed by atoms with Crippen LogP contribution in [0.5, 0.6) is 0 Å². The quantitative estimate of drug-likeness (QED) is 0.399. The molecular formula is C21H20BrFN6O. The van der Waals surface area contributed by atoms with Crippen molar-refractivity contribution in [1.29, 1.82) is 0 Å². The first-order valence-electron chi connectivity index (χ1n) is 9.69. The molecule has 1 aliphatic rings. The Morgan fingerprint density at radius 2 is 2.10 bits per heavy atom. The summed E-state index contributed by atoms with van der Waals surface area (Å²) in [5.41, 5.74) is 3.64. The Kier molecular flexibility index (Phi) is 4.68. The van der Waals surface area contributed by atoms with Gasteiger partial charge in [-0.1, -0.05) is 0 Å². The van der Waals surface area contributed by atoms with Crippen molar-refractivity contribution in [1.82, 2.24) is 24.9 Å². The van der Waals surface area contributed by atoms with E-state index in [0.717, 1.165) is 50.9 Å². The number of nitrogens with one attached hydrogen (secondary N) is 2. The number of rotatable bonds is 6. The average Bonchev–Trinajstić information content (AvgIpc) is 3.43. The number of halogens is 2. The molecule has 154 valence electrons. The minimum Gasteiger partial charge on any atom is -0.394 e. The van der Waals surface area contributed by atoms with Gasteiger partial charge in [-0.15, -0.1) is 0 Å². The molecule has 7 nitrogen and oxygen atoms in total. The number of hydrogen-bond donors (Lipinski definition) is 3. The van der Waals surface area contributed by atoms with E-state index in [4.69, 9.17) is 4.98 Å². The van der Waals surface area contributed by atoms with Crippen LogP contribution in [0.15, 0.2) is 41.1 Å². The number of fused-ring (bicyclic) bond motifs is 2. The molecule has 1 aromatic carbocycles. The van der Waals surface area contributed by atoms with Crippen LogP contribution in [0.2, 0.25) is 0 Å². The van der Waals surface area contributed by atoms with Gasteiger partial charge in [0.15, 0.2) is 5.65 Å². The van der Waals surface area contributed by atoms with Gasteiger partial charge in [0.2, 0.25) is 0 Å². The molecule has 4 aromatic rings. The van der Waals surface area contributed by atoms with Crippen LogP contribution in [-0.4, -0.2) is 43.9 Å². The molecule has 0 bridgehead atoms. The van der Waals surface area contributed by atoms with Gasteiger partial charge in [-0.05, 0) is 53.0 Å². The highest BCUT2D eigenvalue weighted by Gasteiger charge is 2.41. The number of aliphatic hydroxyl groups excluding tert-OH is 1. The number of hydrogen-bond acceptors (Lipinski definition) is 6. The molecule has 1 saturated carbocycles. The van der Waals surface area contributed by atoms with E-state index in [1.165, 1.54) is 12.1 Å². The monoisotopic (exact) mass is 470 g/mol. The van der Waals surface area contributed by atoms with Crippen molar-refractivity contribution in [2.45, 2.75) is 24.9 Å². The van der Waals surface area contributed by atoms with Crippen molar-refractivity contribution >= 4 is 38.3 Å². The predicted octanol–water partition coefficient (Wildman–Crippen LogP) is 3.50. The van der Waals surface area contributed by atoms with Gasteiger partial charge in [-0.2, -0.15) is 9.61 Å². The van der Waals surface area contributed by atoms with E-state index in [0.29, 0.717) is 12.2 Å². The minimum atomic E-state index is -0.299. The zero-order chi connectivity index (χ0) is 20.9. The number of pyridine rings is 1. The summed E-state index contributed by atoms with van der Waals surface area (Å²) in [6, 6.07) is 6.44. The number of anilines is 1. The summed E-state index contributed by atoms with van der Waals surface area (Å²) in [5.74, 6) is 0.476. The summed E-state index contributed by atoms with van der Waals surface area (Å²) in [6.45, 7) is 0.626. The van der Waals surface area contributed by atoms with E-state index >= 15 is 0 Å². The summed E-state index contributed by atoms with van der Waals surface area (Å²) >= 11 is 3.64. The topological polar surface area (TPSA) is 87.4 Å². The lowest BCUT2D eigenvalue weighted by Crippen LogP contribution is -2.34. The first-order valence-corrected chi connectivity index (χ1v) is 10.5. The van der Waals surface area contributed by atoms with Crippen LogP contribution >= 0.6 is 15.9 Å². The Morgan fingerprint density at radius 1 is 1.27 bits per heavy atom. The molecule has 9 heteroatoms. The van der Waals surface area contributed by atoms with Gasteiger partial charge in [0.1, 0.15) is 11.6 Å². The Bertz CT molecular complexity index is 1270. The number of aromatic nitrogens is 4. The maximum Gasteiger partial charge on any atom is 0.165 e. The van der Waals surface area contributed by atoms with Crippen molar-refractivity contribution in [3.05, 3.63) is 52.6 Å². The van der Waals surface area contributed by atoms with E-state index < -0.39 is 0 Å². The third-order valence-electron chi connectivity index (χ3n) is 5.64. The predicted molar refractivity (Wildman–Crippen MR) is 117 cm³/mol. The van der Waals surface area contributed by atoms with Gasteiger partial charge in [0, 0.05) is 41.8 Å². The fraction of sp³-hybridized carbons (Fsp3) is 0.286. The highest BCUT2D eigenvalue weighted by atomic mass is 79.9. The van der Waals surface area contributed by atoms with Crippen LogP contribution in [0, 0.1) is 5.82 Å². The minimum absolute atomic E-state index is 0.114. The standard InChI is InChI=1S/C21H20BrFN6O/c1-24-20-18(22)17(10-26-21(11-30)4-5-21)28-19-15(9-27-29(19)20)13-6-12-7-14(23)2-3-16(12)25-8-13/h2-3,6-9,24,26,30H,4-5,10-11H2,1H3. The van der Waals surface area contributed by atoms with E-state index in [2.05, 4.69) is 36.6 Å². The van der Waals surface area contributed by atoms with Crippen LogP contribution in [0.4, 0.5) is 10.2 Å². The maximum atomic E-state index is 13.7. The normalized spacial score (nSPS) is 15.1. The fourth-order valence-electron chi connectivity index (χ4n) is 3.62. The van der Waals surface area contributed by atoms with Crippen LogP contribution < -0.4 is 10.6 Å². The summed E-state index contributed by atoms with van der Waals surface area (Å²) in [5, 5.41) is 21.4. The average molecular weight is 471 g/mol. The molecule has 1 fully saturated rings. The molecule has 0 radical (unpaired) electrons. The Balaban J connectivity index is 1.61. The van der Waals surface area contributed by atoms with Gasteiger partial charge in [0.25, 0.3) is 0 Å². The van der Waals surface area contributed by atoms with Gasteiger partial charge in [0.05, 0.1) is 28.5 Å². The van der Waals surface area contributed by atoms with Crippen molar-refractivity contribution in [3.63, 3.8) is 0 Å². The van der Waals surface area contributed by atoms with Crippen molar-refractivity contribution < 1.29 is 9.50 Å². The van der Waals surface area contributed by atoms with Gasteiger partial charge >= 0.3 is 0 Å². The molecule has 0 unspecified atom stereocenters. The summed E-state index contributed by atoms with van der Waals surface area (Å²) in [4.78, 5) is 9.31. The second-order valence-electron chi connectivity index (χ2n) is 7.62. The summed E-state index contributed by atoms with van der Waals surface area (Å²) < 4.78 is 16.2. The van der Waals surface area contributed by atoms with Crippen molar-refractivity contribution in [2.75, 3.05) is 19.0 Å². The van der Waals surface area contributed by atoms with Gasteiger partial charge < -0.3 is 15.7 Å².